The zero-order chi connectivity index (χ0) is 15.5. The van der Waals surface area contributed by atoms with Gasteiger partial charge in [0.05, 0.1) is 4.90 Å². The third-order valence-corrected chi connectivity index (χ3v) is 5.67. The predicted molar refractivity (Wildman–Crippen MR) is 82.4 cm³/mol. The number of halogens is 1. The fraction of sp³-hybridized carbons (Fsp3) is 0.125. The van der Waals surface area contributed by atoms with Crippen molar-refractivity contribution < 1.29 is 12.8 Å². The van der Waals surface area contributed by atoms with Gasteiger partial charge in [-0.2, -0.15) is 0 Å². The van der Waals surface area contributed by atoms with E-state index in [1.165, 1.54) is 12.1 Å². The summed E-state index contributed by atoms with van der Waals surface area (Å²) >= 11 is 0. The highest BCUT2D eigenvalue weighted by molar-refractivity contribution is 7.89. The molecule has 2 N–H and O–H groups in total. The van der Waals surface area contributed by atoms with Gasteiger partial charge in [-0.3, -0.25) is 0 Å². The van der Waals surface area contributed by atoms with Gasteiger partial charge in [-0.1, -0.05) is 6.07 Å². The lowest BCUT2D eigenvalue weighted by Gasteiger charge is -2.05. The summed E-state index contributed by atoms with van der Waals surface area (Å²) in [4.78, 5) is 3.38. The lowest BCUT2D eigenvalue weighted by atomic mass is 10.00. The van der Waals surface area contributed by atoms with Crippen LogP contribution in [0.4, 0.5) is 4.39 Å². The maximum absolute atomic E-state index is 13.3. The van der Waals surface area contributed by atoms with Crippen molar-refractivity contribution in [3.05, 3.63) is 54.0 Å². The SMILES string of the molecule is CC1NS(=O)(=O)c2ccc(-c3c[nH]c4cc(F)ccc34)cc21. The molecule has 0 saturated carbocycles. The number of nitrogens with one attached hydrogen (secondary N) is 2. The van der Waals surface area contributed by atoms with Crippen LogP contribution >= 0.6 is 0 Å². The second-order valence-corrected chi connectivity index (χ2v) is 7.17. The molecule has 22 heavy (non-hydrogen) atoms. The lowest BCUT2D eigenvalue weighted by molar-refractivity contribution is 0.582. The summed E-state index contributed by atoms with van der Waals surface area (Å²) in [5.74, 6) is -0.293. The topological polar surface area (TPSA) is 62.0 Å². The van der Waals surface area contributed by atoms with Gasteiger partial charge in [-0.15, -0.1) is 0 Å². The molecule has 0 bridgehead atoms. The van der Waals surface area contributed by atoms with Crippen molar-refractivity contribution in [1.29, 1.82) is 0 Å². The Morgan fingerprint density at radius 3 is 2.77 bits per heavy atom. The molecule has 4 rings (SSSR count). The molecule has 0 saturated heterocycles. The molecule has 4 nitrogen and oxygen atoms in total. The summed E-state index contributed by atoms with van der Waals surface area (Å²) in [6.45, 7) is 1.82. The molecule has 1 unspecified atom stereocenters. The summed E-state index contributed by atoms with van der Waals surface area (Å²) in [5.41, 5.74) is 3.31. The summed E-state index contributed by atoms with van der Waals surface area (Å²) in [5, 5.41) is 0.905. The highest BCUT2D eigenvalue weighted by Gasteiger charge is 2.31. The minimum Gasteiger partial charge on any atom is -0.360 e. The molecule has 1 aliphatic heterocycles. The molecule has 2 heterocycles. The molecule has 0 radical (unpaired) electrons. The van der Waals surface area contributed by atoms with Crippen LogP contribution < -0.4 is 4.72 Å². The van der Waals surface area contributed by atoms with E-state index in [2.05, 4.69) is 9.71 Å². The third-order valence-electron chi connectivity index (χ3n) is 4.05. The van der Waals surface area contributed by atoms with E-state index in [1.807, 2.05) is 19.2 Å². The first-order valence-electron chi connectivity index (χ1n) is 6.89. The van der Waals surface area contributed by atoms with Crippen LogP contribution in [0, 0.1) is 5.82 Å². The number of hydrogen-bond donors (Lipinski definition) is 2. The largest absolute Gasteiger partial charge is 0.360 e. The molecule has 6 heteroatoms. The van der Waals surface area contributed by atoms with Gasteiger partial charge >= 0.3 is 0 Å². The normalized spacial score (nSPS) is 19.5. The number of benzene rings is 2. The van der Waals surface area contributed by atoms with Crippen LogP contribution in [0.5, 0.6) is 0 Å². The van der Waals surface area contributed by atoms with Gasteiger partial charge in [0.1, 0.15) is 5.82 Å². The van der Waals surface area contributed by atoms with Crippen LogP contribution in [0.15, 0.2) is 47.5 Å². The van der Waals surface area contributed by atoms with Crippen molar-refractivity contribution in [2.24, 2.45) is 0 Å². The summed E-state index contributed by atoms with van der Waals surface area (Å²) in [6, 6.07) is 9.62. The Kier molecular flexibility index (Phi) is 2.70. The number of rotatable bonds is 1. The highest BCUT2D eigenvalue weighted by atomic mass is 32.2. The van der Waals surface area contributed by atoms with E-state index >= 15 is 0 Å². The summed E-state index contributed by atoms with van der Waals surface area (Å²) < 4.78 is 39.8. The molecule has 112 valence electrons. The number of aromatic amines is 1. The van der Waals surface area contributed by atoms with Crippen molar-refractivity contribution >= 4 is 20.9 Å². The number of H-pyrrole nitrogens is 1. The van der Waals surface area contributed by atoms with E-state index in [-0.39, 0.29) is 11.9 Å². The number of sulfonamides is 1. The molecule has 0 aliphatic carbocycles. The van der Waals surface area contributed by atoms with Gasteiger partial charge in [0, 0.05) is 28.7 Å². The van der Waals surface area contributed by atoms with Crippen LogP contribution in [0.1, 0.15) is 18.5 Å². The first-order chi connectivity index (χ1) is 10.5. The van der Waals surface area contributed by atoms with Gasteiger partial charge in [-0.25, -0.2) is 17.5 Å². The molecule has 0 spiro atoms. The van der Waals surface area contributed by atoms with E-state index in [9.17, 15) is 12.8 Å². The average Bonchev–Trinajstić information content (AvgIpc) is 2.97. The molecule has 3 aromatic rings. The second-order valence-electron chi connectivity index (χ2n) is 5.49. The van der Waals surface area contributed by atoms with Gasteiger partial charge in [0.2, 0.25) is 10.0 Å². The maximum atomic E-state index is 13.3. The van der Waals surface area contributed by atoms with Crippen LogP contribution in [0.25, 0.3) is 22.0 Å². The Bertz CT molecular complexity index is 1010. The first-order valence-corrected chi connectivity index (χ1v) is 8.37. The monoisotopic (exact) mass is 316 g/mol. The first kappa shape index (κ1) is 13.5. The van der Waals surface area contributed by atoms with E-state index < -0.39 is 10.0 Å². The van der Waals surface area contributed by atoms with E-state index in [4.69, 9.17) is 0 Å². The van der Waals surface area contributed by atoms with Gasteiger partial charge in [0.25, 0.3) is 0 Å². The molecule has 0 amide bonds. The molecule has 1 atom stereocenters. The molecule has 1 aromatic heterocycles. The van der Waals surface area contributed by atoms with Crippen LogP contribution in [0.3, 0.4) is 0 Å². The fourth-order valence-corrected chi connectivity index (χ4v) is 4.51. The Hall–Kier alpha value is -2.18. The van der Waals surface area contributed by atoms with E-state index in [0.29, 0.717) is 10.4 Å². The number of hydrogen-bond acceptors (Lipinski definition) is 2. The molecular formula is C16H13FN2O2S. The standard InChI is InChI=1S/C16H13FN2O2S/c1-9-13-6-10(2-5-16(13)22(20,21)19-9)14-8-18-15-7-11(17)3-4-12(14)15/h2-9,18-19H,1H3. The van der Waals surface area contributed by atoms with Crippen molar-refractivity contribution in [2.75, 3.05) is 0 Å². The maximum Gasteiger partial charge on any atom is 0.241 e. The smallest absolute Gasteiger partial charge is 0.241 e. The summed E-state index contributed by atoms with van der Waals surface area (Å²) in [7, 11) is -3.40. The van der Waals surface area contributed by atoms with Crippen LogP contribution in [-0.2, 0) is 10.0 Å². The average molecular weight is 316 g/mol. The third kappa shape index (κ3) is 1.88. The van der Waals surface area contributed by atoms with Crippen molar-refractivity contribution in [3.63, 3.8) is 0 Å². The van der Waals surface area contributed by atoms with E-state index in [1.54, 1.807) is 18.2 Å². The quantitative estimate of drug-likeness (QED) is 0.723. The zero-order valence-corrected chi connectivity index (χ0v) is 12.5. The molecule has 1 aliphatic rings. The predicted octanol–water partition coefficient (Wildman–Crippen LogP) is 3.33. The zero-order valence-electron chi connectivity index (χ0n) is 11.7. The molecule has 2 aromatic carbocycles. The minimum atomic E-state index is -3.40. The highest BCUT2D eigenvalue weighted by Crippen LogP contribution is 2.36. The lowest BCUT2D eigenvalue weighted by Crippen LogP contribution is -2.17. The van der Waals surface area contributed by atoms with Crippen molar-refractivity contribution in [1.82, 2.24) is 9.71 Å². The molecule has 0 fully saturated rings. The van der Waals surface area contributed by atoms with Gasteiger partial charge in [-0.05, 0) is 48.4 Å². The van der Waals surface area contributed by atoms with Crippen molar-refractivity contribution in [2.45, 2.75) is 17.9 Å². The van der Waals surface area contributed by atoms with E-state index in [0.717, 1.165) is 22.1 Å². The number of fused-ring (bicyclic) bond motifs is 2. The fourth-order valence-electron chi connectivity index (χ4n) is 3.00. The Balaban J connectivity index is 1.92. The Morgan fingerprint density at radius 1 is 1.14 bits per heavy atom. The van der Waals surface area contributed by atoms with Crippen LogP contribution in [0.2, 0.25) is 0 Å². The van der Waals surface area contributed by atoms with Gasteiger partial charge < -0.3 is 4.98 Å². The van der Waals surface area contributed by atoms with Crippen molar-refractivity contribution in [3.8, 4) is 11.1 Å². The van der Waals surface area contributed by atoms with Gasteiger partial charge in [0.15, 0.2) is 0 Å². The van der Waals surface area contributed by atoms with Crippen LogP contribution in [-0.4, -0.2) is 13.4 Å². The number of aromatic nitrogens is 1. The minimum absolute atomic E-state index is 0.248. The second kappa shape index (κ2) is 4.41. The Morgan fingerprint density at radius 2 is 1.95 bits per heavy atom. The summed E-state index contributed by atoms with van der Waals surface area (Å²) in [6.07, 6.45) is 1.81. The Labute approximate surface area is 127 Å². The molecular weight excluding hydrogens is 303 g/mol.